The number of carbonyl (C=O) groups excluding carboxylic acids is 4. The number of anilines is 1. The molecule has 0 atom stereocenters. The zero-order valence-corrected chi connectivity index (χ0v) is 64.5. The summed E-state index contributed by atoms with van der Waals surface area (Å²) in [6.45, 7) is 16.3. The van der Waals surface area contributed by atoms with E-state index in [0.717, 1.165) is 90.8 Å². The molecule has 0 spiro atoms. The number of benzene rings is 12. The molecule has 108 heavy (non-hydrogen) atoms. The van der Waals surface area contributed by atoms with E-state index in [2.05, 4.69) is 26.9 Å². The number of phenols is 5. The topological polar surface area (TPSA) is 350 Å². The zero-order chi connectivity index (χ0) is 77.2. The maximum absolute atomic E-state index is 12.4. The molecule has 8 N–H and O–H groups in total. The van der Waals surface area contributed by atoms with Crippen molar-refractivity contribution in [3.05, 3.63) is 232 Å². The van der Waals surface area contributed by atoms with Crippen LogP contribution in [0, 0.1) is 48.5 Å². The summed E-state index contributed by atoms with van der Waals surface area (Å²) >= 11 is 1.32. The van der Waals surface area contributed by atoms with Gasteiger partial charge in [-0.2, -0.15) is 5.11 Å². The molecule has 0 aromatic heterocycles. The minimum absolute atomic E-state index is 0. The van der Waals surface area contributed by atoms with Gasteiger partial charge in [0.2, 0.25) is 5.91 Å². The van der Waals surface area contributed by atoms with Gasteiger partial charge in [-0.15, -0.1) is 16.9 Å². The van der Waals surface area contributed by atoms with Gasteiger partial charge >= 0.3 is 35.5 Å². The molecule has 22 nitrogen and oxygen atoms in total. The van der Waals surface area contributed by atoms with Gasteiger partial charge in [0.1, 0.15) is 75.0 Å². The average Bonchev–Trinajstić information content (AvgIpc) is 0.769. The molecular formula is C83H79N4NaO18S2. The largest absolute Gasteiger partial charge is 1.00 e. The molecule has 0 aliphatic heterocycles. The number of nitrogens with one attached hydrogen (secondary N) is 2. The van der Waals surface area contributed by atoms with Gasteiger partial charge in [0.05, 0.1) is 40.8 Å². The van der Waals surface area contributed by atoms with Crippen LogP contribution in [0.1, 0.15) is 83.4 Å². The molecule has 2 amide bonds. The third kappa shape index (κ3) is 20.7. The Morgan fingerprint density at radius 1 is 0.509 bits per heavy atom. The van der Waals surface area contributed by atoms with Crippen LogP contribution >= 0.6 is 11.8 Å². The van der Waals surface area contributed by atoms with Crippen LogP contribution < -0.4 is 59.1 Å². The first kappa shape index (κ1) is 82.4. The molecular weight excluding hydrogens is 1430 g/mol. The molecule has 12 aromatic rings. The van der Waals surface area contributed by atoms with E-state index in [4.69, 9.17) is 24.1 Å². The van der Waals surface area contributed by atoms with E-state index in [1.54, 1.807) is 79.7 Å². The van der Waals surface area contributed by atoms with Crippen molar-refractivity contribution in [2.45, 2.75) is 66.7 Å². The number of carboxylic acids is 1. The summed E-state index contributed by atoms with van der Waals surface area (Å²) in [5.41, 5.74) is 7.87. The van der Waals surface area contributed by atoms with E-state index in [-0.39, 0.29) is 111 Å². The Balaban J connectivity index is 0.000000196. The number of thioether (sulfide) groups is 1. The first-order valence-electron chi connectivity index (χ1n) is 33.7. The number of rotatable bonds is 23. The first-order chi connectivity index (χ1) is 51.2. The summed E-state index contributed by atoms with van der Waals surface area (Å²) in [5.74, 6) is 2.11. The maximum atomic E-state index is 12.4. The van der Waals surface area contributed by atoms with Crippen LogP contribution in [-0.2, 0) is 19.7 Å². The maximum Gasteiger partial charge on any atom is 1.00 e. The monoisotopic (exact) mass is 1510 g/mol. The van der Waals surface area contributed by atoms with Crippen LogP contribution in [0.25, 0.3) is 53.9 Å². The van der Waals surface area contributed by atoms with Gasteiger partial charge in [-0.25, -0.2) is 8.42 Å². The molecule has 0 aliphatic carbocycles. The molecule has 0 heterocycles. The number of carbonyl (C=O) groups is 5. The van der Waals surface area contributed by atoms with Gasteiger partial charge < -0.3 is 64.8 Å². The van der Waals surface area contributed by atoms with Crippen LogP contribution in [0.5, 0.6) is 51.7 Å². The Kier molecular flexibility index (Phi) is 28.9. The summed E-state index contributed by atoms with van der Waals surface area (Å²) in [4.78, 5) is 55.9. The standard InChI is InChI=1S/C32H29N3O8S.C23H23NO4.C16H18O4S.C12H10O2.Na/c1-18-14-21-16-24(44(39,40)41)17-27(33-20(3)36)29(21)32(38)30(18)35-34-22-8-10-23(11-9-22)42-12-13-43-28-15-19(2)31(37)26-7-5-4-6-25(26)28;1-15-7-10-21(16(2)13-15)28-12-4-11-24-23(27)20-9-8-18-17(14-25)5-3-6-19(18)22(20)26;1-10-4-3-5-12-15(10)13(8-11(2)16(12)19)20-6-7-21-9-14(17)18;1-8-5-6-10-9(7-13)3-2-4-11(10)12(8)14;/h4-11,14-17,37-38H,12-13H2,1-3H3,(H,33,36)(H,39,40,41);3,5-10,13-14,26H,4,11-12H2,1-2H3,(H,24,27);3-5,8,19H,6-7,9H2,1-2H3,(H,17,18);2-7,14H,1H3;/q;;;;+1/p-1. The van der Waals surface area contributed by atoms with Gasteiger partial charge in [-0.1, -0.05) is 115 Å². The normalized spacial score (nSPS) is 11.0. The minimum atomic E-state index is -4.82. The predicted octanol–water partition coefficient (Wildman–Crippen LogP) is 14.0. The summed E-state index contributed by atoms with van der Waals surface area (Å²) in [5, 5.41) is 80.2. The van der Waals surface area contributed by atoms with Gasteiger partial charge in [0.15, 0.2) is 18.3 Å². The number of aromatic hydroxyl groups is 5. The summed E-state index contributed by atoms with van der Waals surface area (Å²) in [6, 6.07) is 50.5. The first-order valence-corrected chi connectivity index (χ1v) is 36.2. The number of fused-ring (bicyclic) bond motifs is 5. The number of azo groups is 1. The fourth-order valence-corrected chi connectivity index (χ4v) is 12.8. The Hall–Kier alpha value is -11.3. The Labute approximate surface area is 650 Å². The fraction of sp³-hybridized carbons (Fsp3) is 0.193. The second-order valence-corrected chi connectivity index (χ2v) is 27.4. The van der Waals surface area contributed by atoms with Crippen molar-refractivity contribution < 1.29 is 116 Å². The summed E-state index contributed by atoms with van der Waals surface area (Å²) in [7, 11) is -4.82. The van der Waals surface area contributed by atoms with Gasteiger partial charge in [-0.3, -0.25) is 24.0 Å². The van der Waals surface area contributed by atoms with E-state index in [1.165, 1.54) is 30.3 Å². The van der Waals surface area contributed by atoms with Crippen molar-refractivity contribution in [3.8, 4) is 51.7 Å². The smallest absolute Gasteiger partial charge is 0.744 e. The van der Waals surface area contributed by atoms with Crippen LogP contribution in [0.4, 0.5) is 17.1 Å². The number of phenolic OH excluding ortho intramolecular Hbond substituents is 5. The van der Waals surface area contributed by atoms with Gasteiger partial charge in [-0.05, 0) is 171 Å². The second kappa shape index (κ2) is 37.8. The quantitative estimate of drug-likeness (QED) is 0.00969. The van der Waals surface area contributed by atoms with E-state index in [9.17, 15) is 62.5 Å². The number of nitrogens with zero attached hydrogens (tertiary/aromatic N) is 2. The van der Waals surface area contributed by atoms with Crippen molar-refractivity contribution in [1.82, 2.24) is 5.32 Å². The zero-order valence-electron chi connectivity index (χ0n) is 60.8. The average molecular weight is 1510 g/mol. The molecule has 0 radical (unpaired) electrons. The number of carboxylic acid groups (broad SMARTS) is 1. The number of aliphatic carboxylic acids is 1. The van der Waals surface area contributed by atoms with Gasteiger partial charge in [0.25, 0.3) is 5.91 Å². The summed E-state index contributed by atoms with van der Waals surface area (Å²) in [6.07, 6.45) is 2.18. The Bertz CT molecular complexity index is 5500. The molecule has 12 rings (SSSR count). The van der Waals surface area contributed by atoms with E-state index >= 15 is 0 Å². The fourth-order valence-electron chi connectivity index (χ4n) is 11.8. The van der Waals surface area contributed by atoms with Gasteiger partial charge in [0, 0.05) is 68.1 Å². The Morgan fingerprint density at radius 3 is 1.73 bits per heavy atom. The van der Waals surface area contributed by atoms with E-state index in [0.29, 0.717) is 82.1 Å². The summed E-state index contributed by atoms with van der Waals surface area (Å²) < 4.78 is 58.2. The van der Waals surface area contributed by atoms with Crippen molar-refractivity contribution in [3.63, 3.8) is 0 Å². The molecule has 0 aliphatic rings. The number of hydrogen-bond acceptors (Lipinski definition) is 20. The minimum Gasteiger partial charge on any atom is -0.744 e. The molecule has 0 unspecified atom stereocenters. The second-order valence-electron chi connectivity index (χ2n) is 24.9. The molecule has 12 aromatic carbocycles. The van der Waals surface area contributed by atoms with Crippen LogP contribution in [0.3, 0.4) is 0 Å². The van der Waals surface area contributed by atoms with E-state index < -0.39 is 26.9 Å². The molecule has 25 heteroatoms. The van der Waals surface area contributed by atoms with Crippen molar-refractivity contribution in [2.24, 2.45) is 10.2 Å². The third-order valence-corrected chi connectivity index (χ3v) is 18.8. The third-order valence-electron chi connectivity index (χ3n) is 17.1. The SMILES string of the molecule is CC(=O)Nc1cc(S(=O)(=O)[O-])cc2cc(C)c(N=Nc3ccc(OCCOc4cc(C)c(O)c5ccccc45)cc3)c(O)c12.Cc1cc(OCCSCC(=O)O)c2c(C)cccc2c1O.Cc1ccc(OCCCNC(=O)c2ccc3c(C=O)cccc3c2O)c(C)c1.Cc1ccc2c(C=O)cccc2c1O.[Na+]. The predicted molar refractivity (Wildman–Crippen MR) is 415 cm³/mol. The number of aryl methyl sites for hydroxylation is 7. The molecule has 0 saturated heterocycles. The van der Waals surface area contributed by atoms with Crippen LogP contribution in [-0.4, -0.2) is 118 Å². The number of hydrogen-bond donors (Lipinski definition) is 8. The molecule has 552 valence electrons. The number of ether oxygens (including phenoxy) is 4. The van der Waals surface area contributed by atoms with Crippen molar-refractivity contribution in [1.29, 1.82) is 0 Å². The van der Waals surface area contributed by atoms with Crippen LogP contribution in [0.2, 0.25) is 0 Å². The molecule has 0 bridgehead atoms. The number of aldehydes is 2. The van der Waals surface area contributed by atoms with Crippen molar-refractivity contribution in [2.75, 3.05) is 49.8 Å². The Morgan fingerprint density at radius 2 is 1.08 bits per heavy atom. The van der Waals surface area contributed by atoms with Crippen molar-refractivity contribution >= 4 is 123 Å². The van der Waals surface area contributed by atoms with Crippen LogP contribution in [0.15, 0.2) is 191 Å². The number of amides is 2. The van der Waals surface area contributed by atoms with E-state index in [1.807, 2.05) is 120 Å². The molecule has 0 saturated carbocycles. The molecule has 0 fully saturated rings.